The van der Waals surface area contributed by atoms with Crippen molar-refractivity contribution >= 4 is 17.4 Å². The van der Waals surface area contributed by atoms with E-state index >= 15 is 0 Å². The molecule has 2 aromatic carbocycles. The third-order valence-corrected chi connectivity index (χ3v) is 3.45. The zero-order valence-corrected chi connectivity index (χ0v) is 12.4. The highest BCUT2D eigenvalue weighted by Crippen LogP contribution is 2.34. The lowest BCUT2D eigenvalue weighted by molar-refractivity contribution is 0.475. The highest BCUT2D eigenvalue weighted by Gasteiger charge is 2.14. The highest BCUT2D eigenvalue weighted by molar-refractivity contribution is 6.32. The van der Waals surface area contributed by atoms with Gasteiger partial charge in [0.15, 0.2) is 0 Å². The Bertz CT molecular complexity index is 882. The third-order valence-electron chi connectivity index (χ3n) is 3.15. The van der Waals surface area contributed by atoms with Crippen molar-refractivity contribution in [2.45, 2.75) is 0 Å². The molecule has 0 amide bonds. The Hall–Kier alpha value is -2.73. The van der Waals surface area contributed by atoms with Crippen molar-refractivity contribution in [3.05, 3.63) is 59.3 Å². The molecule has 0 aliphatic carbocycles. The summed E-state index contributed by atoms with van der Waals surface area (Å²) in [5.74, 6) is -1.45. The molecule has 23 heavy (non-hydrogen) atoms. The van der Waals surface area contributed by atoms with E-state index in [1.165, 1.54) is 18.3 Å². The summed E-state index contributed by atoms with van der Waals surface area (Å²) in [5.41, 5.74) is 6.92. The van der Waals surface area contributed by atoms with Crippen molar-refractivity contribution in [1.29, 1.82) is 0 Å². The largest absolute Gasteiger partial charge is 0.506 e. The predicted molar refractivity (Wildman–Crippen MR) is 83.9 cm³/mol. The Morgan fingerprint density at radius 2 is 1.65 bits per heavy atom. The molecule has 0 atom stereocenters. The summed E-state index contributed by atoms with van der Waals surface area (Å²) >= 11 is 5.90. The van der Waals surface area contributed by atoms with Crippen molar-refractivity contribution in [3.8, 4) is 28.3 Å². The topological polar surface area (TPSA) is 72.0 Å². The number of nitrogens with zero attached hydrogens (tertiary/aromatic N) is 2. The molecule has 0 spiro atoms. The Balaban J connectivity index is 2.24. The lowest BCUT2D eigenvalue weighted by Crippen LogP contribution is -1.99. The van der Waals surface area contributed by atoms with Gasteiger partial charge in [0, 0.05) is 17.2 Å². The first kappa shape index (κ1) is 15.2. The van der Waals surface area contributed by atoms with E-state index in [1.807, 2.05) is 0 Å². The van der Waals surface area contributed by atoms with E-state index in [-0.39, 0.29) is 27.8 Å². The van der Waals surface area contributed by atoms with Crippen LogP contribution in [0.4, 0.5) is 14.6 Å². The number of phenolic OH excluding ortho intramolecular Hbond substituents is 1. The van der Waals surface area contributed by atoms with Crippen LogP contribution >= 0.6 is 11.6 Å². The van der Waals surface area contributed by atoms with Gasteiger partial charge in [-0.15, -0.1) is 0 Å². The monoisotopic (exact) mass is 333 g/mol. The lowest BCUT2D eigenvalue weighted by atomic mass is 10.0. The van der Waals surface area contributed by atoms with Gasteiger partial charge in [-0.3, -0.25) is 4.98 Å². The van der Waals surface area contributed by atoms with E-state index in [4.69, 9.17) is 17.3 Å². The van der Waals surface area contributed by atoms with Gasteiger partial charge >= 0.3 is 0 Å². The summed E-state index contributed by atoms with van der Waals surface area (Å²) in [6.07, 6.45) is 1.33. The molecular weight excluding hydrogens is 324 g/mol. The van der Waals surface area contributed by atoms with Crippen LogP contribution in [0.2, 0.25) is 5.02 Å². The van der Waals surface area contributed by atoms with Gasteiger partial charge in [0.25, 0.3) is 0 Å². The number of hydrogen-bond acceptors (Lipinski definition) is 4. The molecule has 0 saturated carbocycles. The van der Waals surface area contributed by atoms with Gasteiger partial charge in [-0.05, 0) is 30.3 Å². The Labute approximate surface area is 135 Å². The fourth-order valence-corrected chi connectivity index (χ4v) is 2.34. The molecule has 0 aliphatic rings. The second-order valence-electron chi connectivity index (χ2n) is 4.82. The maximum Gasteiger partial charge on any atom is 0.142 e. The minimum atomic E-state index is -0.737. The van der Waals surface area contributed by atoms with E-state index in [0.717, 1.165) is 18.2 Å². The molecule has 1 heterocycles. The van der Waals surface area contributed by atoms with Crippen LogP contribution < -0.4 is 5.73 Å². The van der Waals surface area contributed by atoms with Gasteiger partial charge in [0.1, 0.15) is 23.2 Å². The van der Waals surface area contributed by atoms with E-state index in [9.17, 15) is 13.9 Å². The summed E-state index contributed by atoms with van der Waals surface area (Å²) < 4.78 is 27.0. The first-order chi connectivity index (χ1) is 10.9. The van der Waals surface area contributed by atoms with Gasteiger partial charge in [0.2, 0.25) is 0 Å². The number of aromatic hydroxyl groups is 1. The minimum Gasteiger partial charge on any atom is -0.506 e. The molecule has 3 rings (SSSR count). The minimum absolute atomic E-state index is 0.0860. The predicted octanol–water partition coefficient (Wildman–Crippen LogP) is 4.03. The van der Waals surface area contributed by atoms with Crippen molar-refractivity contribution in [3.63, 3.8) is 0 Å². The average molecular weight is 334 g/mol. The molecule has 0 radical (unpaired) electrons. The molecule has 7 heteroatoms. The number of anilines is 1. The maximum absolute atomic E-state index is 13.5. The zero-order valence-electron chi connectivity index (χ0n) is 11.6. The lowest BCUT2D eigenvalue weighted by Gasteiger charge is -2.10. The molecular formula is C16H10ClF2N3O. The van der Waals surface area contributed by atoms with Crippen LogP contribution in [-0.2, 0) is 0 Å². The van der Waals surface area contributed by atoms with Gasteiger partial charge in [-0.25, -0.2) is 13.8 Å². The number of hydrogen-bond donors (Lipinski definition) is 2. The SMILES string of the molecule is Nc1cnc(-c2ccc(O)c(Cl)c2)c(-c2cc(F)cc(F)c2)n1. The first-order valence-electron chi connectivity index (χ1n) is 6.52. The number of benzene rings is 2. The Morgan fingerprint density at radius 1 is 0.957 bits per heavy atom. The molecule has 0 bridgehead atoms. The van der Waals surface area contributed by atoms with Crippen LogP contribution in [0.5, 0.6) is 5.75 Å². The van der Waals surface area contributed by atoms with Crippen LogP contribution in [-0.4, -0.2) is 15.1 Å². The Kier molecular flexibility index (Phi) is 3.83. The number of phenols is 1. The van der Waals surface area contributed by atoms with Crippen LogP contribution in [0, 0.1) is 11.6 Å². The first-order valence-corrected chi connectivity index (χ1v) is 6.89. The smallest absolute Gasteiger partial charge is 0.142 e. The molecule has 0 unspecified atom stereocenters. The van der Waals surface area contributed by atoms with Gasteiger partial charge in [-0.2, -0.15) is 0 Å². The number of aromatic nitrogens is 2. The zero-order chi connectivity index (χ0) is 16.6. The molecule has 0 saturated heterocycles. The molecule has 4 nitrogen and oxygen atoms in total. The number of halogens is 3. The average Bonchev–Trinajstić information content (AvgIpc) is 2.49. The van der Waals surface area contributed by atoms with Crippen LogP contribution in [0.25, 0.3) is 22.5 Å². The normalized spacial score (nSPS) is 10.7. The van der Waals surface area contributed by atoms with Crippen LogP contribution in [0.15, 0.2) is 42.6 Å². The molecule has 0 fully saturated rings. The van der Waals surface area contributed by atoms with E-state index in [2.05, 4.69) is 9.97 Å². The van der Waals surface area contributed by atoms with Crippen molar-refractivity contribution in [1.82, 2.24) is 9.97 Å². The van der Waals surface area contributed by atoms with Gasteiger partial charge in [-0.1, -0.05) is 11.6 Å². The number of rotatable bonds is 2. The Morgan fingerprint density at radius 3 is 2.30 bits per heavy atom. The molecule has 3 aromatic rings. The molecule has 0 aliphatic heterocycles. The van der Waals surface area contributed by atoms with E-state index in [0.29, 0.717) is 11.3 Å². The van der Waals surface area contributed by atoms with Gasteiger partial charge in [0.05, 0.1) is 22.6 Å². The summed E-state index contributed by atoms with van der Waals surface area (Å²) in [5, 5.41) is 9.63. The fraction of sp³-hybridized carbons (Fsp3) is 0. The second-order valence-corrected chi connectivity index (χ2v) is 5.22. The quantitative estimate of drug-likeness (QED) is 0.742. The van der Waals surface area contributed by atoms with E-state index in [1.54, 1.807) is 6.07 Å². The van der Waals surface area contributed by atoms with Crippen molar-refractivity contribution in [2.24, 2.45) is 0 Å². The molecule has 3 N–H and O–H groups in total. The van der Waals surface area contributed by atoms with Crippen LogP contribution in [0.1, 0.15) is 0 Å². The van der Waals surface area contributed by atoms with Crippen LogP contribution in [0.3, 0.4) is 0 Å². The number of nitrogens with two attached hydrogens (primary N) is 1. The van der Waals surface area contributed by atoms with E-state index < -0.39 is 11.6 Å². The van der Waals surface area contributed by atoms with Gasteiger partial charge < -0.3 is 10.8 Å². The second kappa shape index (κ2) is 5.81. The van der Waals surface area contributed by atoms with Crippen molar-refractivity contribution < 1.29 is 13.9 Å². The standard InChI is InChI=1S/C16H10ClF2N3O/c17-12-5-8(1-2-13(12)23)15-16(22-14(20)7-21-15)9-3-10(18)6-11(19)4-9/h1-7,23H,(H2,20,22). The summed E-state index contributed by atoms with van der Waals surface area (Å²) in [6, 6.07) is 7.49. The summed E-state index contributed by atoms with van der Waals surface area (Å²) in [7, 11) is 0. The third kappa shape index (κ3) is 3.07. The molecule has 1 aromatic heterocycles. The summed E-state index contributed by atoms with van der Waals surface area (Å²) in [4.78, 5) is 8.31. The molecule has 116 valence electrons. The van der Waals surface area contributed by atoms with Crippen molar-refractivity contribution in [2.75, 3.05) is 5.73 Å². The number of nitrogen functional groups attached to an aromatic ring is 1. The maximum atomic E-state index is 13.5. The summed E-state index contributed by atoms with van der Waals surface area (Å²) in [6.45, 7) is 0. The highest BCUT2D eigenvalue weighted by atomic mass is 35.5. The fourth-order valence-electron chi connectivity index (χ4n) is 2.16.